The molecule has 0 bridgehead atoms. The molecule has 0 aliphatic heterocycles. The molecule has 0 aliphatic carbocycles. The summed E-state index contributed by atoms with van der Waals surface area (Å²) >= 11 is 4.85. The Kier molecular flexibility index (Phi) is 7.55. The van der Waals surface area contributed by atoms with Gasteiger partial charge in [0.15, 0.2) is 5.11 Å². The van der Waals surface area contributed by atoms with Crippen LogP contribution in [0, 0.1) is 0 Å². The van der Waals surface area contributed by atoms with Gasteiger partial charge in [0, 0.05) is 6.42 Å². The maximum atomic E-state index is 11.6. The molecule has 0 atom stereocenters. The molecule has 1 aromatic rings. The largest absolute Gasteiger partial charge is 0.469 e. The highest BCUT2D eigenvalue weighted by molar-refractivity contribution is 7.80. The SMILES string of the molecule is COC(=O)CCC(=O)NC(=S)NNC(=O)Cc1ccccc1. The Hall–Kier alpha value is -2.48. The number of esters is 1. The van der Waals surface area contributed by atoms with Gasteiger partial charge in [-0.3, -0.25) is 25.2 Å². The summed E-state index contributed by atoms with van der Waals surface area (Å²) in [6, 6.07) is 9.18. The van der Waals surface area contributed by atoms with Gasteiger partial charge in [0.25, 0.3) is 0 Å². The number of carbonyl (C=O) groups excluding carboxylic acids is 3. The number of carbonyl (C=O) groups is 3. The summed E-state index contributed by atoms with van der Waals surface area (Å²) in [5.74, 6) is -1.22. The molecule has 3 N–H and O–H groups in total. The lowest BCUT2D eigenvalue weighted by atomic mass is 10.1. The Bertz CT molecular complexity index is 548. The molecule has 0 aliphatic rings. The smallest absolute Gasteiger partial charge is 0.306 e. The van der Waals surface area contributed by atoms with Crippen molar-refractivity contribution in [2.45, 2.75) is 19.3 Å². The van der Waals surface area contributed by atoms with E-state index in [0.717, 1.165) is 5.56 Å². The Balaban J connectivity index is 2.23. The first-order valence-electron chi connectivity index (χ1n) is 6.50. The molecule has 118 valence electrons. The van der Waals surface area contributed by atoms with Crippen molar-refractivity contribution >= 4 is 35.1 Å². The van der Waals surface area contributed by atoms with E-state index >= 15 is 0 Å². The van der Waals surface area contributed by atoms with Crippen LogP contribution in [0.3, 0.4) is 0 Å². The van der Waals surface area contributed by atoms with E-state index in [1.165, 1.54) is 7.11 Å². The third kappa shape index (κ3) is 7.34. The Labute approximate surface area is 133 Å². The van der Waals surface area contributed by atoms with Gasteiger partial charge in [0.2, 0.25) is 11.8 Å². The quantitative estimate of drug-likeness (QED) is 0.407. The van der Waals surface area contributed by atoms with Gasteiger partial charge in [-0.05, 0) is 17.8 Å². The summed E-state index contributed by atoms with van der Waals surface area (Å²) in [5, 5.41) is 2.29. The van der Waals surface area contributed by atoms with Crippen molar-refractivity contribution in [2.24, 2.45) is 0 Å². The van der Waals surface area contributed by atoms with E-state index in [1.807, 2.05) is 30.3 Å². The van der Waals surface area contributed by atoms with Gasteiger partial charge in [0.1, 0.15) is 0 Å². The van der Waals surface area contributed by atoms with Gasteiger partial charge >= 0.3 is 5.97 Å². The number of thiocarbonyl (C=S) groups is 1. The van der Waals surface area contributed by atoms with Crippen LogP contribution in [0.4, 0.5) is 0 Å². The number of hydrogen-bond acceptors (Lipinski definition) is 5. The van der Waals surface area contributed by atoms with E-state index in [1.54, 1.807) is 0 Å². The number of amides is 2. The summed E-state index contributed by atoms with van der Waals surface area (Å²) in [5.41, 5.74) is 5.65. The van der Waals surface area contributed by atoms with Crippen molar-refractivity contribution in [1.29, 1.82) is 0 Å². The summed E-state index contributed by atoms with van der Waals surface area (Å²) in [6.45, 7) is 0. The van der Waals surface area contributed by atoms with Crippen LogP contribution in [0.25, 0.3) is 0 Å². The molecule has 0 saturated carbocycles. The first-order chi connectivity index (χ1) is 10.5. The fourth-order valence-electron chi connectivity index (χ4n) is 1.49. The van der Waals surface area contributed by atoms with E-state index in [4.69, 9.17) is 12.2 Å². The molecule has 22 heavy (non-hydrogen) atoms. The van der Waals surface area contributed by atoms with E-state index in [2.05, 4.69) is 20.9 Å². The highest BCUT2D eigenvalue weighted by atomic mass is 32.1. The van der Waals surface area contributed by atoms with E-state index in [9.17, 15) is 14.4 Å². The molecule has 0 saturated heterocycles. The molecule has 0 aromatic heterocycles. The average molecular weight is 323 g/mol. The molecular formula is C14H17N3O4S. The van der Waals surface area contributed by atoms with Gasteiger partial charge in [-0.1, -0.05) is 30.3 Å². The van der Waals surface area contributed by atoms with Crippen molar-refractivity contribution in [1.82, 2.24) is 16.2 Å². The zero-order chi connectivity index (χ0) is 16.4. The van der Waals surface area contributed by atoms with Crippen LogP contribution in [0.5, 0.6) is 0 Å². The minimum Gasteiger partial charge on any atom is -0.469 e. The highest BCUT2D eigenvalue weighted by Gasteiger charge is 2.09. The van der Waals surface area contributed by atoms with E-state index in [0.29, 0.717) is 0 Å². The molecule has 0 radical (unpaired) electrons. The zero-order valence-corrected chi connectivity index (χ0v) is 12.9. The normalized spacial score (nSPS) is 9.50. The van der Waals surface area contributed by atoms with Gasteiger partial charge < -0.3 is 10.1 Å². The highest BCUT2D eigenvalue weighted by Crippen LogP contribution is 1.98. The lowest BCUT2D eigenvalue weighted by Crippen LogP contribution is -2.48. The number of hydrogen-bond donors (Lipinski definition) is 3. The predicted octanol–water partition coefficient (Wildman–Crippen LogP) is 0.204. The number of hydrazine groups is 1. The zero-order valence-electron chi connectivity index (χ0n) is 12.0. The Morgan fingerprint density at radius 3 is 2.36 bits per heavy atom. The molecule has 0 fully saturated rings. The van der Waals surface area contributed by atoms with Crippen LogP contribution in [-0.2, 0) is 25.5 Å². The fourth-order valence-corrected chi connectivity index (χ4v) is 1.65. The number of methoxy groups -OCH3 is 1. The van der Waals surface area contributed by atoms with Gasteiger partial charge in [0.05, 0.1) is 20.0 Å². The summed E-state index contributed by atoms with van der Waals surface area (Å²) in [4.78, 5) is 34.0. The van der Waals surface area contributed by atoms with E-state index in [-0.39, 0.29) is 30.3 Å². The van der Waals surface area contributed by atoms with Crippen molar-refractivity contribution in [2.75, 3.05) is 7.11 Å². The minimum absolute atomic E-state index is 0.0364. The Morgan fingerprint density at radius 2 is 1.73 bits per heavy atom. The average Bonchev–Trinajstić information content (AvgIpc) is 2.51. The second-order valence-corrected chi connectivity index (χ2v) is 4.70. The van der Waals surface area contributed by atoms with Crippen LogP contribution in [0.2, 0.25) is 0 Å². The maximum absolute atomic E-state index is 11.6. The third-order valence-electron chi connectivity index (χ3n) is 2.56. The molecular weight excluding hydrogens is 306 g/mol. The number of rotatable bonds is 5. The van der Waals surface area contributed by atoms with Crippen LogP contribution < -0.4 is 16.2 Å². The Morgan fingerprint density at radius 1 is 1.05 bits per heavy atom. The van der Waals surface area contributed by atoms with Crippen molar-refractivity contribution in [3.63, 3.8) is 0 Å². The lowest BCUT2D eigenvalue weighted by molar-refractivity contribution is -0.142. The molecule has 0 unspecified atom stereocenters. The lowest BCUT2D eigenvalue weighted by Gasteiger charge is -2.10. The standard InChI is InChI=1S/C14H17N3O4S/c1-21-13(20)8-7-11(18)15-14(22)17-16-12(19)9-10-5-3-2-4-6-10/h2-6H,7-9H2,1H3,(H,16,19)(H2,15,17,18,22). The van der Waals surface area contributed by atoms with Crippen molar-refractivity contribution < 1.29 is 19.1 Å². The minimum atomic E-state index is -0.481. The number of nitrogens with one attached hydrogen (secondary N) is 3. The third-order valence-corrected chi connectivity index (χ3v) is 2.76. The van der Waals surface area contributed by atoms with Crippen LogP contribution in [0.1, 0.15) is 18.4 Å². The van der Waals surface area contributed by atoms with Crippen LogP contribution >= 0.6 is 12.2 Å². The van der Waals surface area contributed by atoms with Crippen LogP contribution in [0.15, 0.2) is 30.3 Å². The topological polar surface area (TPSA) is 96.5 Å². The van der Waals surface area contributed by atoms with Crippen molar-refractivity contribution in [3.8, 4) is 0 Å². The second kappa shape index (κ2) is 9.46. The maximum Gasteiger partial charge on any atom is 0.306 e. The molecule has 1 rings (SSSR count). The number of benzene rings is 1. The van der Waals surface area contributed by atoms with Gasteiger partial charge in [-0.25, -0.2) is 0 Å². The molecule has 0 heterocycles. The number of ether oxygens (including phenoxy) is 1. The van der Waals surface area contributed by atoms with Crippen molar-refractivity contribution in [3.05, 3.63) is 35.9 Å². The summed E-state index contributed by atoms with van der Waals surface area (Å²) in [7, 11) is 1.24. The predicted molar refractivity (Wildman–Crippen MR) is 83.4 cm³/mol. The summed E-state index contributed by atoms with van der Waals surface area (Å²) < 4.78 is 4.42. The fraction of sp³-hybridized carbons (Fsp3) is 0.286. The summed E-state index contributed by atoms with van der Waals surface area (Å²) in [6.07, 6.45) is 0.102. The van der Waals surface area contributed by atoms with Gasteiger partial charge in [-0.15, -0.1) is 0 Å². The van der Waals surface area contributed by atoms with E-state index < -0.39 is 11.9 Å². The monoisotopic (exact) mass is 323 g/mol. The molecule has 2 amide bonds. The second-order valence-electron chi connectivity index (χ2n) is 4.29. The van der Waals surface area contributed by atoms with Crippen LogP contribution in [-0.4, -0.2) is 30.0 Å². The first kappa shape index (κ1) is 17.6. The molecule has 0 spiro atoms. The molecule has 8 heteroatoms. The molecule has 1 aromatic carbocycles. The molecule has 7 nitrogen and oxygen atoms in total. The van der Waals surface area contributed by atoms with Gasteiger partial charge in [-0.2, -0.15) is 0 Å². The first-order valence-corrected chi connectivity index (χ1v) is 6.91.